The van der Waals surface area contributed by atoms with Gasteiger partial charge in [-0.15, -0.1) is 0 Å². The smallest absolute Gasteiger partial charge is 0.259 e. The van der Waals surface area contributed by atoms with E-state index in [9.17, 15) is 8.42 Å². The Morgan fingerprint density at radius 3 is 2.82 bits per heavy atom. The molecule has 98 valence electrons. The van der Waals surface area contributed by atoms with Crippen LogP contribution < -0.4 is 4.72 Å². The highest BCUT2D eigenvalue weighted by Gasteiger charge is 2.15. The lowest BCUT2D eigenvalue weighted by atomic mass is 10.1. The molecule has 0 radical (unpaired) electrons. The third-order valence-electron chi connectivity index (χ3n) is 2.39. The van der Waals surface area contributed by atoms with E-state index in [1.165, 1.54) is 12.5 Å². The highest BCUT2D eigenvalue weighted by atomic mass is 79.9. The van der Waals surface area contributed by atoms with Crippen LogP contribution in [0.4, 0.5) is 0 Å². The molecule has 1 rings (SSSR count). The SMILES string of the molecule is CC(CBr)CCCNS(=O)(=O)c1cn(C)cn1. The maximum atomic E-state index is 11.8. The molecule has 0 aliphatic carbocycles. The third kappa shape index (κ3) is 4.77. The molecule has 0 saturated carbocycles. The number of sulfonamides is 1. The highest BCUT2D eigenvalue weighted by Crippen LogP contribution is 2.08. The summed E-state index contributed by atoms with van der Waals surface area (Å²) in [5, 5.41) is 1.02. The highest BCUT2D eigenvalue weighted by molar-refractivity contribution is 9.09. The Bertz CT molecular complexity index is 444. The summed E-state index contributed by atoms with van der Waals surface area (Å²) in [5.41, 5.74) is 0. The molecule has 0 aromatic carbocycles. The Balaban J connectivity index is 2.41. The molecule has 7 heteroatoms. The van der Waals surface area contributed by atoms with Gasteiger partial charge in [0, 0.05) is 25.1 Å². The first kappa shape index (κ1) is 14.7. The van der Waals surface area contributed by atoms with Crippen LogP contribution in [0.1, 0.15) is 19.8 Å². The fraction of sp³-hybridized carbons (Fsp3) is 0.700. The second-order valence-electron chi connectivity index (χ2n) is 4.18. The lowest BCUT2D eigenvalue weighted by Crippen LogP contribution is -2.25. The zero-order valence-electron chi connectivity index (χ0n) is 10.1. The van der Waals surface area contributed by atoms with Crippen molar-refractivity contribution in [1.82, 2.24) is 14.3 Å². The van der Waals surface area contributed by atoms with Crippen molar-refractivity contribution < 1.29 is 8.42 Å². The fourth-order valence-corrected chi connectivity index (χ4v) is 2.71. The number of hydrogen-bond acceptors (Lipinski definition) is 3. The lowest BCUT2D eigenvalue weighted by molar-refractivity contribution is 0.545. The Kier molecular flexibility index (Phi) is 5.61. The first-order valence-corrected chi connectivity index (χ1v) is 8.09. The van der Waals surface area contributed by atoms with Crippen molar-refractivity contribution in [3.05, 3.63) is 12.5 Å². The molecule has 0 spiro atoms. The van der Waals surface area contributed by atoms with Crippen LogP contribution in [-0.2, 0) is 17.1 Å². The minimum absolute atomic E-state index is 0.0774. The molecule has 1 aromatic heterocycles. The largest absolute Gasteiger partial charge is 0.339 e. The van der Waals surface area contributed by atoms with E-state index in [1.54, 1.807) is 11.6 Å². The van der Waals surface area contributed by atoms with Gasteiger partial charge in [-0.3, -0.25) is 0 Å². The van der Waals surface area contributed by atoms with Gasteiger partial charge in [-0.25, -0.2) is 18.1 Å². The van der Waals surface area contributed by atoms with E-state index in [4.69, 9.17) is 0 Å². The van der Waals surface area contributed by atoms with Crippen LogP contribution in [0, 0.1) is 5.92 Å². The van der Waals surface area contributed by atoms with E-state index >= 15 is 0 Å². The predicted molar refractivity (Wildman–Crippen MR) is 70.6 cm³/mol. The number of imidazole rings is 1. The molecular formula is C10H18BrN3O2S. The number of halogens is 1. The van der Waals surface area contributed by atoms with Gasteiger partial charge < -0.3 is 4.57 Å². The van der Waals surface area contributed by atoms with Gasteiger partial charge in [-0.05, 0) is 18.8 Å². The quantitative estimate of drug-likeness (QED) is 0.611. The van der Waals surface area contributed by atoms with Crippen molar-refractivity contribution >= 4 is 26.0 Å². The number of aryl methyl sites for hydroxylation is 1. The maximum Gasteiger partial charge on any atom is 0.259 e. The van der Waals surface area contributed by atoms with Crippen LogP contribution in [-0.4, -0.2) is 29.8 Å². The molecule has 0 fully saturated rings. The Hall–Kier alpha value is -0.400. The molecule has 0 amide bonds. The molecule has 1 N–H and O–H groups in total. The minimum Gasteiger partial charge on any atom is -0.339 e. The number of rotatable bonds is 7. The summed E-state index contributed by atoms with van der Waals surface area (Å²) in [6.45, 7) is 2.58. The fourth-order valence-electron chi connectivity index (χ4n) is 1.34. The molecule has 0 aliphatic heterocycles. The molecule has 0 saturated heterocycles. The molecular weight excluding hydrogens is 306 g/mol. The molecule has 5 nitrogen and oxygen atoms in total. The summed E-state index contributed by atoms with van der Waals surface area (Å²) in [4.78, 5) is 3.82. The molecule has 0 bridgehead atoms. The summed E-state index contributed by atoms with van der Waals surface area (Å²) >= 11 is 3.39. The second kappa shape index (κ2) is 6.51. The second-order valence-corrected chi connectivity index (χ2v) is 6.54. The number of aromatic nitrogens is 2. The van der Waals surface area contributed by atoms with Gasteiger partial charge in [-0.2, -0.15) is 0 Å². The van der Waals surface area contributed by atoms with Gasteiger partial charge in [-0.1, -0.05) is 22.9 Å². The van der Waals surface area contributed by atoms with Crippen LogP contribution >= 0.6 is 15.9 Å². The lowest BCUT2D eigenvalue weighted by Gasteiger charge is -2.07. The van der Waals surface area contributed by atoms with Gasteiger partial charge in [0.15, 0.2) is 5.03 Å². The number of nitrogens with zero attached hydrogens (tertiary/aromatic N) is 2. The van der Waals surface area contributed by atoms with E-state index in [-0.39, 0.29) is 5.03 Å². The normalized spacial score (nSPS) is 13.8. The standard InChI is InChI=1S/C10H18BrN3O2S/c1-9(6-11)4-3-5-13-17(15,16)10-7-14(2)8-12-10/h7-9,13H,3-6H2,1-2H3. The minimum atomic E-state index is -3.44. The zero-order chi connectivity index (χ0) is 12.9. The summed E-state index contributed by atoms with van der Waals surface area (Å²) in [5.74, 6) is 0.564. The van der Waals surface area contributed by atoms with Gasteiger partial charge in [0.25, 0.3) is 10.0 Å². The molecule has 1 atom stereocenters. The zero-order valence-corrected chi connectivity index (χ0v) is 12.5. The maximum absolute atomic E-state index is 11.8. The van der Waals surface area contributed by atoms with Crippen LogP contribution in [0.15, 0.2) is 17.6 Å². The van der Waals surface area contributed by atoms with E-state index in [0.29, 0.717) is 12.5 Å². The van der Waals surface area contributed by atoms with Crippen molar-refractivity contribution in [2.45, 2.75) is 24.8 Å². The first-order chi connectivity index (χ1) is 7.95. The van der Waals surface area contributed by atoms with Crippen LogP contribution in [0.2, 0.25) is 0 Å². The molecule has 1 aromatic rings. The van der Waals surface area contributed by atoms with E-state index < -0.39 is 10.0 Å². The number of hydrogen-bond donors (Lipinski definition) is 1. The van der Waals surface area contributed by atoms with Crippen molar-refractivity contribution in [3.63, 3.8) is 0 Å². The molecule has 1 heterocycles. The van der Waals surface area contributed by atoms with E-state index in [2.05, 4.69) is 32.6 Å². The summed E-state index contributed by atoms with van der Waals surface area (Å²) < 4.78 is 27.7. The van der Waals surface area contributed by atoms with E-state index in [1.807, 2.05) is 0 Å². The van der Waals surface area contributed by atoms with Gasteiger partial charge in [0.2, 0.25) is 0 Å². The average Bonchev–Trinajstić information content (AvgIpc) is 2.71. The Morgan fingerprint density at radius 2 is 2.29 bits per heavy atom. The van der Waals surface area contributed by atoms with Crippen molar-refractivity contribution in [3.8, 4) is 0 Å². The van der Waals surface area contributed by atoms with Gasteiger partial charge in [0.05, 0.1) is 6.33 Å². The van der Waals surface area contributed by atoms with Crippen LogP contribution in [0.3, 0.4) is 0 Å². The topological polar surface area (TPSA) is 64.0 Å². The summed E-state index contributed by atoms with van der Waals surface area (Å²) in [6.07, 6.45) is 4.79. The third-order valence-corrected chi connectivity index (χ3v) is 4.84. The van der Waals surface area contributed by atoms with Crippen LogP contribution in [0.25, 0.3) is 0 Å². The number of nitrogens with one attached hydrogen (secondary N) is 1. The Labute approximate surface area is 111 Å². The monoisotopic (exact) mass is 323 g/mol. The molecule has 17 heavy (non-hydrogen) atoms. The van der Waals surface area contributed by atoms with Gasteiger partial charge >= 0.3 is 0 Å². The first-order valence-electron chi connectivity index (χ1n) is 5.49. The predicted octanol–water partition coefficient (Wildman–Crippen LogP) is 1.51. The molecule has 1 unspecified atom stereocenters. The molecule has 0 aliphatic rings. The summed E-state index contributed by atoms with van der Waals surface area (Å²) in [6, 6.07) is 0. The van der Waals surface area contributed by atoms with Crippen molar-refractivity contribution in [2.24, 2.45) is 13.0 Å². The number of alkyl halides is 1. The van der Waals surface area contributed by atoms with Gasteiger partial charge in [0.1, 0.15) is 0 Å². The Morgan fingerprint density at radius 1 is 1.59 bits per heavy atom. The van der Waals surface area contributed by atoms with Crippen molar-refractivity contribution in [1.29, 1.82) is 0 Å². The van der Waals surface area contributed by atoms with E-state index in [0.717, 1.165) is 18.2 Å². The van der Waals surface area contributed by atoms with Crippen LogP contribution in [0.5, 0.6) is 0 Å². The summed E-state index contributed by atoms with van der Waals surface area (Å²) in [7, 11) is -1.70. The van der Waals surface area contributed by atoms with Crippen molar-refractivity contribution in [2.75, 3.05) is 11.9 Å². The average molecular weight is 324 g/mol.